The summed E-state index contributed by atoms with van der Waals surface area (Å²) in [7, 11) is 3.01. The van der Waals surface area contributed by atoms with Gasteiger partial charge in [0.2, 0.25) is 5.91 Å². The summed E-state index contributed by atoms with van der Waals surface area (Å²) < 4.78 is 50.2. The van der Waals surface area contributed by atoms with Crippen molar-refractivity contribution in [2.24, 2.45) is 0 Å². The van der Waals surface area contributed by atoms with Gasteiger partial charge in [0.1, 0.15) is 6.04 Å². The molecule has 1 atom stereocenters. The highest BCUT2D eigenvalue weighted by molar-refractivity contribution is 9.10. The Morgan fingerprint density at radius 3 is 2.44 bits per heavy atom. The molecule has 10 heteroatoms. The summed E-state index contributed by atoms with van der Waals surface area (Å²) >= 11 is 2.90. The van der Waals surface area contributed by atoms with Gasteiger partial charge in [-0.1, -0.05) is 6.07 Å². The molecule has 0 aliphatic carbocycles. The van der Waals surface area contributed by atoms with E-state index < -0.39 is 23.8 Å². The summed E-state index contributed by atoms with van der Waals surface area (Å²) in [6.45, 7) is 3.12. The molecule has 1 N–H and O–H groups in total. The lowest BCUT2D eigenvalue weighted by atomic mass is 10.2. The number of nitrogens with zero attached hydrogens (tertiary/aromatic N) is 2. The number of carbonyl (C=O) groups is 1. The Hall–Kier alpha value is -2.23. The van der Waals surface area contributed by atoms with Gasteiger partial charge in [0.05, 0.1) is 24.4 Å². The van der Waals surface area contributed by atoms with E-state index in [9.17, 15) is 18.0 Å². The van der Waals surface area contributed by atoms with Crippen molar-refractivity contribution in [2.75, 3.05) is 14.2 Å². The molecule has 2 aromatic rings. The van der Waals surface area contributed by atoms with Crippen molar-refractivity contribution in [3.8, 4) is 11.5 Å². The maximum absolute atomic E-state index is 13.0. The van der Waals surface area contributed by atoms with E-state index in [1.807, 2.05) is 0 Å². The van der Waals surface area contributed by atoms with Gasteiger partial charge in [-0.15, -0.1) is 0 Å². The third-order valence-corrected chi connectivity index (χ3v) is 4.96. The number of carbonyl (C=O) groups excluding carboxylic acids is 1. The maximum atomic E-state index is 13.0. The highest BCUT2D eigenvalue weighted by atomic mass is 79.9. The molecule has 0 aliphatic heterocycles. The Morgan fingerprint density at radius 1 is 1.30 bits per heavy atom. The summed E-state index contributed by atoms with van der Waals surface area (Å²) in [4.78, 5) is 12.4. The lowest BCUT2D eigenvalue weighted by Gasteiger charge is -2.15. The third-order valence-electron chi connectivity index (χ3n) is 4.01. The summed E-state index contributed by atoms with van der Waals surface area (Å²) in [6, 6.07) is 4.25. The molecule has 0 saturated carbocycles. The van der Waals surface area contributed by atoms with Gasteiger partial charge in [-0.2, -0.15) is 18.3 Å². The first kappa shape index (κ1) is 21.1. The molecule has 27 heavy (non-hydrogen) atoms. The predicted octanol–water partition coefficient (Wildman–Crippen LogP) is 3.87. The van der Waals surface area contributed by atoms with Crippen molar-refractivity contribution >= 4 is 21.8 Å². The molecular formula is C17H19BrF3N3O3. The molecule has 0 bridgehead atoms. The van der Waals surface area contributed by atoms with Gasteiger partial charge in [0.15, 0.2) is 17.2 Å². The molecule has 6 nitrogen and oxygen atoms in total. The van der Waals surface area contributed by atoms with Gasteiger partial charge in [-0.05, 0) is 47.5 Å². The van der Waals surface area contributed by atoms with Crippen LogP contribution in [0.3, 0.4) is 0 Å². The highest BCUT2D eigenvalue weighted by Gasteiger charge is 2.38. The summed E-state index contributed by atoms with van der Waals surface area (Å²) in [6.07, 6.45) is -4.61. The van der Waals surface area contributed by atoms with Crippen LogP contribution in [-0.4, -0.2) is 29.9 Å². The summed E-state index contributed by atoms with van der Waals surface area (Å²) in [5.41, 5.74) is -0.0850. The Morgan fingerprint density at radius 2 is 1.93 bits per heavy atom. The fraction of sp³-hybridized carbons (Fsp3) is 0.412. The second-order valence-corrected chi connectivity index (χ2v) is 6.57. The first-order valence-corrected chi connectivity index (χ1v) is 8.69. The minimum Gasteiger partial charge on any atom is -0.493 e. The number of halogens is 4. The fourth-order valence-corrected chi connectivity index (χ4v) is 2.98. The number of methoxy groups -OCH3 is 2. The lowest BCUT2D eigenvalue weighted by molar-refractivity contribution is -0.142. The van der Waals surface area contributed by atoms with Crippen molar-refractivity contribution in [3.05, 3.63) is 39.6 Å². The number of alkyl halides is 3. The Balaban J connectivity index is 2.13. The summed E-state index contributed by atoms with van der Waals surface area (Å²) in [5.74, 6) is 0.605. The van der Waals surface area contributed by atoms with Gasteiger partial charge >= 0.3 is 6.18 Å². The van der Waals surface area contributed by atoms with E-state index in [0.29, 0.717) is 11.5 Å². The molecule has 1 aromatic carbocycles. The minimum absolute atomic E-state index is 0.172. The van der Waals surface area contributed by atoms with Crippen LogP contribution >= 0.6 is 15.9 Å². The van der Waals surface area contributed by atoms with Crippen LogP contribution < -0.4 is 14.8 Å². The van der Waals surface area contributed by atoms with E-state index in [4.69, 9.17) is 9.47 Å². The number of aromatic nitrogens is 2. The molecular weight excluding hydrogens is 431 g/mol. The molecule has 2 rings (SSSR count). The minimum atomic E-state index is -4.61. The second-order valence-electron chi connectivity index (χ2n) is 5.77. The van der Waals surface area contributed by atoms with Gasteiger partial charge in [-0.3, -0.25) is 9.48 Å². The average Bonchev–Trinajstić information content (AvgIpc) is 2.94. The molecule has 1 heterocycles. The summed E-state index contributed by atoms with van der Waals surface area (Å²) in [5, 5.41) is 6.24. The van der Waals surface area contributed by atoms with Gasteiger partial charge in [0, 0.05) is 6.54 Å². The van der Waals surface area contributed by atoms with Crippen LogP contribution in [0.25, 0.3) is 0 Å². The number of nitrogens with one attached hydrogen (secondary N) is 1. The topological polar surface area (TPSA) is 65.4 Å². The zero-order chi connectivity index (χ0) is 20.4. The molecule has 0 radical (unpaired) electrons. The van der Waals surface area contributed by atoms with Gasteiger partial charge in [0.25, 0.3) is 0 Å². The number of benzene rings is 1. The van der Waals surface area contributed by atoms with E-state index in [1.54, 1.807) is 18.2 Å². The first-order chi connectivity index (χ1) is 12.6. The molecule has 0 aliphatic rings. The maximum Gasteiger partial charge on any atom is 0.436 e. The van der Waals surface area contributed by atoms with Crippen molar-refractivity contribution in [2.45, 2.75) is 32.6 Å². The Labute approximate surface area is 162 Å². The number of hydrogen-bond donors (Lipinski definition) is 1. The monoisotopic (exact) mass is 449 g/mol. The number of rotatable bonds is 6. The number of amides is 1. The van der Waals surface area contributed by atoms with Crippen molar-refractivity contribution in [3.63, 3.8) is 0 Å². The van der Waals surface area contributed by atoms with Crippen LogP contribution in [0.2, 0.25) is 0 Å². The lowest BCUT2D eigenvalue weighted by Crippen LogP contribution is -2.31. The molecule has 0 fully saturated rings. The van der Waals surface area contributed by atoms with Crippen molar-refractivity contribution in [1.29, 1.82) is 0 Å². The van der Waals surface area contributed by atoms with E-state index in [0.717, 1.165) is 10.2 Å². The molecule has 148 valence electrons. The van der Waals surface area contributed by atoms with E-state index >= 15 is 0 Å². The Bertz CT molecular complexity index is 837. The normalized spacial score (nSPS) is 12.6. The Kier molecular flexibility index (Phi) is 6.40. The second kappa shape index (κ2) is 8.20. The van der Waals surface area contributed by atoms with Crippen LogP contribution in [-0.2, 0) is 17.5 Å². The van der Waals surface area contributed by atoms with Crippen molar-refractivity contribution in [1.82, 2.24) is 15.1 Å². The van der Waals surface area contributed by atoms with Crippen LogP contribution in [0.4, 0.5) is 13.2 Å². The standard InChI is InChI=1S/C17H19BrF3N3O3/c1-9-14(18)15(17(19,20)21)23-24(9)10(2)16(25)22-8-11-5-6-12(26-3)13(7-11)27-4/h5-7,10H,8H2,1-4H3,(H,22,25). The predicted molar refractivity (Wildman–Crippen MR) is 95.8 cm³/mol. The quantitative estimate of drug-likeness (QED) is 0.726. The van der Waals surface area contributed by atoms with Crippen molar-refractivity contribution < 1.29 is 27.4 Å². The molecule has 0 saturated heterocycles. The average molecular weight is 450 g/mol. The van der Waals surface area contributed by atoms with Crippen LogP contribution in [0.15, 0.2) is 22.7 Å². The van der Waals surface area contributed by atoms with E-state index in [2.05, 4.69) is 26.3 Å². The van der Waals surface area contributed by atoms with Gasteiger partial charge in [-0.25, -0.2) is 0 Å². The largest absolute Gasteiger partial charge is 0.493 e. The van der Waals surface area contributed by atoms with Crippen LogP contribution in [0.5, 0.6) is 11.5 Å². The molecule has 0 spiro atoms. The zero-order valence-electron chi connectivity index (χ0n) is 15.1. The molecule has 1 unspecified atom stereocenters. The van der Waals surface area contributed by atoms with E-state index in [-0.39, 0.29) is 16.7 Å². The van der Waals surface area contributed by atoms with Crippen LogP contribution in [0, 0.1) is 6.92 Å². The molecule has 1 amide bonds. The third kappa shape index (κ3) is 4.55. The number of hydrogen-bond acceptors (Lipinski definition) is 4. The smallest absolute Gasteiger partial charge is 0.436 e. The first-order valence-electron chi connectivity index (χ1n) is 7.90. The SMILES string of the molecule is COc1ccc(CNC(=O)C(C)n2nc(C(F)(F)F)c(Br)c2C)cc1OC. The highest BCUT2D eigenvalue weighted by Crippen LogP contribution is 2.36. The number of ether oxygens (including phenoxy) is 2. The van der Waals surface area contributed by atoms with Gasteiger partial charge < -0.3 is 14.8 Å². The zero-order valence-corrected chi connectivity index (χ0v) is 16.7. The molecule has 1 aromatic heterocycles. The fourth-order valence-electron chi connectivity index (χ4n) is 2.50. The van der Waals surface area contributed by atoms with E-state index in [1.165, 1.54) is 28.1 Å². The van der Waals surface area contributed by atoms with Crippen LogP contribution in [0.1, 0.15) is 29.9 Å².